The maximum absolute atomic E-state index is 12.1. The smallest absolute Gasteiger partial charge is 0.167 e. The van der Waals surface area contributed by atoms with Crippen LogP contribution in [-0.4, -0.2) is 29.2 Å². The number of aliphatic hydroxyl groups is 1. The summed E-state index contributed by atoms with van der Waals surface area (Å²) < 4.78 is 5.86. The van der Waals surface area contributed by atoms with Crippen LogP contribution in [-0.2, 0) is 9.53 Å². The Kier molecular flexibility index (Phi) is 2.37. The average Bonchev–Trinajstić information content (AvgIpc) is 2.57. The van der Waals surface area contributed by atoms with E-state index in [-0.39, 0.29) is 29.3 Å². The highest BCUT2D eigenvalue weighted by molar-refractivity contribution is 5.91. The maximum atomic E-state index is 12.1. The molecule has 3 nitrogen and oxygen atoms in total. The number of hydrogen-bond donors (Lipinski definition) is 1. The Hall–Kier alpha value is -0.670. The van der Waals surface area contributed by atoms with Crippen LogP contribution in [0, 0.1) is 10.8 Å². The summed E-state index contributed by atoms with van der Waals surface area (Å²) in [7, 11) is 0. The Labute approximate surface area is 108 Å². The lowest BCUT2D eigenvalue weighted by atomic mass is 9.51. The molecule has 0 aromatic heterocycles. The van der Waals surface area contributed by atoms with Gasteiger partial charge in [-0.2, -0.15) is 0 Å². The Bertz CT molecular complexity index is 441. The van der Waals surface area contributed by atoms with E-state index >= 15 is 0 Å². The number of ketones is 1. The highest BCUT2D eigenvalue weighted by Crippen LogP contribution is 2.63. The average molecular weight is 250 g/mol. The van der Waals surface area contributed by atoms with E-state index in [9.17, 15) is 9.90 Å². The van der Waals surface area contributed by atoms with Gasteiger partial charge in [-0.1, -0.05) is 25.5 Å². The van der Waals surface area contributed by atoms with Gasteiger partial charge in [0.1, 0.15) is 0 Å². The van der Waals surface area contributed by atoms with Crippen LogP contribution in [0.2, 0.25) is 0 Å². The van der Waals surface area contributed by atoms with Gasteiger partial charge in [0.05, 0.1) is 12.7 Å². The van der Waals surface area contributed by atoms with Gasteiger partial charge < -0.3 is 9.84 Å². The van der Waals surface area contributed by atoms with Crippen molar-refractivity contribution in [1.29, 1.82) is 0 Å². The minimum absolute atomic E-state index is 0.0315. The summed E-state index contributed by atoms with van der Waals surface area (Å²) in [6.07, 6.45) is 5.54. The first-order valence-corrected chi connectivity index (χ1v) is 6.88. The van der Waals surface area contributed by atoms with Crippen LogP contribution < -0.4 is 0 Å². The molecule has 1 aliphatic heterocycles. The molecule has 1 saturated heterocycles. The number of allylic oxidation sites excluding steroid dienone is 1. The third kappa shape index (κ3) is 1.19. The van der Waals surface area contributed by atoms with Crippen molar-refractivity contribution in [3.05, 3.63) is 11.6 Å². The Balaban J connectivity index is 2.10. The van der Waals surface area contributed by atoms with Gasteiger partial charge in [0.2, 0.25) is 0 Å². The van der Waals surface area contributed by atoms with Crippen LogP contribution >= 0.6 is 0 Å². The third-order valence-electron chi connectivity index (χ3n) is 6.06. The molecule has 2 fully saturated rings. The molecule has 18 heavy (non-hydrogen) atoms. The van der Waals surface area contributed by atoms with Gasteiger partial charge in [-0.15, -0.1) is 0 Å². The Morgan fingerprint density at radius 2 is 2.06 bits per heavy atom. The van der Waals surface area contributed by atoms with Crippen molar-refractivity contribution in [1.82, 2.24) is 0 Å². The van der Waals surface area contributed by atoms with Crippen molar-refractivity contribution < 1.29 is 14.6 Å². The normalized spacial score (nSPS) is 51.7. The van der Waals surface area contributed by atoms with Crippen molar-refractivity contribution in [2.75, 3.05) is 6.61 Å². The summed E-state index contributed by atoms with van der Waals surface area (Å²) in [5.41, 5.74) is -0.393. The van der Waals surface area contributed by atoms with Crippen LogP contribution in [0.5, 0.6) is 0 Å². The number of Topliss-reactive ketones (excluding diaryl/α,β-unsaturated/α-hetero) is 1. The van der Waals surface area contributed by atoms with E-state index < -0.39 is 5.60 Å². The second kappa shape index (κ2) is 3.45. The first-order valence-electron chi connectivity index (χ1n) is 6.88. The molecule has 0 spiro atoms. The van der Waals surface area contributed by atoms with Crippen LogP contribution in [0.25, 0.3) is 0 Å². The summed E-state index contributed by atoms with van der Waals surface area (Å²) >= 11 is 0. The van der Waals surface area contributed by atoms with E-state index in [4.69, 9.17) is 4.74 Å². The number of ether oxygens (including phenoxy) is 1. The molecule has 0 bridgehead atoms. The van der Waals surface area contributed by atoms with Gasteiger partial charge in [0.15, 0.2) is 11.4 Å². The van der Waals surface area contributed by atoms with E-state index in [0.29, 0.717) is 6.42 Å². The first-order chi connectivity index (χ1) is 8.33. The molecular formula is C15H22O3. The summed E-state index contributed by atoms with van der Waals surface area (Å²) in [6.45, 7) is 6.56. The van der Waals surface area contributed by atoms with Gasteiger partial charge in [0.25, 0.3) is 0 Å². The van der Waals surface area contributed by atoms with Crippen molar-refractivity contribution >= 4 is 5.78 Å². The molecule has 3 aliphatic rings. The number of fused-ring (bicyclic) bond motifs is 3. The number of carbonyl (C=O) groups excluding carboxylic acids is 1. The molecule has 4 atom stereocenters. The van der Waals surface area contributed by atoms with E-state index in [0.717, 1.165) is 19.3 Å². The predicted molar refractivity (Wildman–Crippen MR) is 68.1 cm³/mol. The van der Waals surface area contributed by atoms with Crippen LogP contribution in [0.15, 0.2) is 11.6 Å². The molecule has 4 unspecified atom stereocenters. The zero-order chi connectivity index (χ0) is 13.2. The standard InChI is InChI=1S/C15H22O3/c1-10-4-6-13(2)12(8-10)18-9-15(17)11(16)5-7-14(13,15)3/h8,12,17H,4-7,9H2,1-3H3. The van der Waals surface area contributed by atoms with Gasteiger partial charge in [0, 0.05) is 17.3 Å². The van der Waals surface area contributed by atoms with Crippen molar-refractivity contribution in [3.8, 4) is 0 Å². The highest BCUT2D eigenvalue weighted by atomic mass is 16.5. The van der Waals surface area contributed by atoms with Gasteiger partial charge in [-0.05, 0) is 26.2 Å². The van der Waals surface area contributed by atoms with E-state index in [1.54, 1.807) is 0 Å². The number of carbonyl (C=O) groups is 1. The van der Waals surface area contributed by atoms with Crippen LogP contribution in [0.1, 0.15) is 46.5 Å². The number of hydrogen-bond acceptors (Lipinski definition) is 3. The summed E-state index contributed by atoms with van der Waals surface area (Å²) in [6, 6.07) is 0. The molecule has 1 saturated carbocycles. The molecular weight excluding hydrogens is 228 g/mol. The molecule has 0 aromatic rings. The molecule has 0 radical (unpaired) electrons. The lowest BCUT2D eigenvalue weighted by Crippen LogP contribution is -2.66. The fourth-order valence-corrected chi connectivity index (χ4v) is 4.24. The monoisotopic (exact) mass is 250 g/mol. The Morgan fingerprint density at radius 1 is 1.33 bits per heavy atom. The molecule has 2 aliphatic carbocycles. The van der Waals surface area contributed by atoms with E-state index in [1.807, 2.05) is 0 Å². The van der Waals surface area contributed by atoms with Crippen molar-refractivity contribution in [2.45, 2.75) is 58.2 Å². The molecule has 0 aromatic carbocycles. The Morgan fingerprint density at radius 3 is 2.78 bits per heavy atom. The van der Waals surface area contributed by atoms with Crippen molar-refractivity contribution in [2.24, 2.45) is 10.8 Å². The molecule has 0 amide bonds. The van der Waals surface area contributed by atoms with E-state index in [2.05, 4.69) is 26.8 Å². The molecule has 3 heteroatoms. The molecule has 100 valence electrons. The largest absolute Gasteiger partial charge is 0.379 e. The van der Waals surface area contributed by atoms with E-state index in [1.165, 1.54) is 5.57 Å². The fraction of sp³-hybridized carbons (Fsp3) is 0.800. The zero-order valence-corrected chi connectivity index (χ0v) is 11.5. The lowest BCUT2D eigenvalue weighted by Gasteiger charge is -2.59. The molecule has 1 heterocycles. The maximum Gasteiger partial charge on any atom is 0.167 e. The number of rotatable bonds is 0. The topological polar surface area (TPSA) is 46.5 Å². The summed E-state index contributed by atoms with van der Waals surface area (Å²) in [4.78, 5) is 12.1. The minimum atomic E-state index is -1.27. The van der Waals surface area contributed by atoms with Crippen LogP contribution in [0.4, 0.5) is 0 Å². The quantitative estimate of drug-likeness (QED) is 0.671. The summed E-state index contributed by atoms with van der Waals surface area (Å²) in [5, 5.41) is 10.8. The van der Waals surface area contributed by atoms with Gasteiger partial charge >= 0.3 is 0 Å². The first kappa shape index (κ1) is 12.4. The van der Waals surface area contributed by atoms with Gasteiger partial charge in [-0.3, -0.25) is 4.79 Å². The zero-order valence-electron chi connectivity index (χ0n) is 11.5. The molecule has 1 N–H and O–H groups in total. The fourth-order valence-electron chi connectivity index (χ4n) is 4.24. The highest BCUT2D eigenvalue weighted by Gasteiger charge is 2.69. The van der Waals surface area contributed by atoms with Crippen molar-refractivity contribution in [3.63, 3.8) is 0 Å². The SMILES string of the molecule is CC1=CC2OCC3(O)C(=O)CCC3(C)C2(C)CC1. The summed E-state index contributed by atoms with van der Waals surface area (Å²) in [5.74, 6) is -0.0315. The second-order valence-electron chi connectivity index (χ2n) is 6.78. The lowest BCUT2D eigenvalue weighted by molar-refractivity contribution is -0.238. The van der Waals surface area contributed by atoms with Crippen LogP contribution in [0.3, 0.4) is 0 Å². The minimum Gasteiger partial charge on any atom is -0.379 e. The second-order valence-corrected chi connectivity index (χ2v) is 6.78. The third-order valence-corrected chi connectivity index (χ3v) is 6.06. The van der Waals surface area contributed by atoms with Gasteiger partial charge in [-0.25, -0.2) is 0 Å². The predicted octanol–water partition coefficient (Wildman–Crippen LogP) is 2.23. The molecule has 3 rings (SSSR count).